The number of aliphatic imine (C=N–C) groups is 1. The first kappa shape index (κ1) is 21.6. The average molecular weight is 346 g/mol. The maximum atomic E-state index is 12.2. The van der Waals surface area contributed by atoms with Gasteiger partial charge in [-0.25, -0.2) is 4.79 Å². The second-order valence-electron chi connectivity index (χ2n) is 5.36. The van der Waals surface area contributed by atoms with E-state index >= 15 is 0 Å². The zero-order valence-corrected chi connectivity index (χ0v) is 13.7. The van der Waals surface area contributed by atoms with Gasteiger partial charge in [-0.15, -0.1) is 0 Å². The molecular formula is C13H26N6O5. The third-order valence-electron chi connectivity index (χ3n) is 3.04. The van der Waals surface area contributed by atoms with E-state index in [2.05, 4.69) is 15.6 Å². The Kier molecular flexibility index (Phi) is 9.35. The molecule has 0 rings (SSSR count). The van der Waals surface area contributed by atoms with Crippen molar-refractivity contribution in [2.24, 2.45) is 22.2 Å². The Morgan fingerprint density at radius 2 is 1.71 bits per heavy atom. The van der Waals surface area contributed by atoms with Gasteiger partial charge in [0.05, 0.1) is 12.1 Å². The van der Waals surface area contributed by atoms with Crippen LogP contribution < -0.4 is 27.8 Å². The van der Waals surface area contributed by atoms with E-state index < -0.39 is 42.0 Å². The van der Waals surface area contributed by atoms with Crippen LogP contribution in [0.4, 0.5) is 0 Å². The maximum Gasteiger partial charge on any atom is 0.328 e. The summed E-state index contributed by atoms with van der Waals surface area (Å²) in [6.45, 7) is 2.91. The molecule has 0 fully saturated rings. The molecule has 0 aromatic carbocycles. The fourth-order valence-electron chi connectivity index (χ4n) is 1.72. The molecule has 0 radical (unpaired) electrons. The minimum Gasteiger partial charge on any atom is -0.480 e. The Balaban J connectivity index is 4.93. The normalized spacial score (nSPS) is 15.5. The predicted molar refractivity (Wildman–Crippen MR) is 86.7 cm³/mol. The Morgan fingerprint density at radius 1 is 1.12 bits per heavy atom. The number of nitrogens with zero attached hydrogens (tertiary/aromatic N) is 1. The van der Waals surface area contributed by atoms with E-state index in [4.69, 9.17) is 22.3 Å². The van der Waals surface area contributed by atoms with Crippen LogP contribution in [0.25, 0.3) is 0 Å². The molecule has 10 N–H and O–H groups in total. The molecule has 0 aliphatic heterocycles. The third kappa shape index (κ3) is 8.29. The summed E-state index contributed by atoms with van der Waals surface area (Å²) in [5.41, 5.74) is 15.8. The largest absolute Gasteiger partial charge is 0.480 e. The van der Waals surface area contributed by atoms with E-state index in [1.54, 1.807) is 0 Å². The van der Waals surface area contributed by atoms with Gasteiger partial charge in [0.1, 0.15) is 6.04 Å². The molecule has 0 aromatic rings. The number of rotatable bonds is 10. The van der Waals surface area contributed by atoms with Crippen LogP contribution in [0.1, 0.15) is 26.7 Å². The average Bonchev–Trinajstić information content (AvgIpc) is 2.46. The maximum absolute atomic E-state index is 12.2. The number of aliphatic hydroxyl groups excluding tert-OH is 1. The van der Waals surface area contributed by atoms with E-state index in [0.29, 0.717) is 6.42 Å². The molecule has 0 aliphatic rings. The highest BCUT2D eigenvalue weighted by atomic mass is 16.4. The van der Waals surface area contributed by atoms with Crippen molar-refractivity contribution in [3.63, 3.8) is 0 Å². The van der Waals surface area contributed by atoms with Gasteiger partial charge in [0, 0.05) is 6.54 Å². The number of hydrogen-bond acceptors (Lipinski definition) is 6. The number of aliphatic hydroxyl groups is 1. The van der Waals surface area contributed by atoms with Gasteiger partial charge in [-0.1, -0.05) is 0 Å². The number of carboxylic acid groups (broad SMARTS) is 1. The van der Waals surface area contributed by atoms with Gasteiger partial charge < -0.3 is 38.0 Å². The molecule has 24 heavy (non-hydrogen) atoms. The first-order valence-electron chi connectivity index (χ1n) is 7.38. The van der Waals surface area contributed by atoms with Gasteiger partial charge in [-0.2, -0.15) is 0 Å². The summed E-state index contributed by atoms with van der Waals surface area (Å²) in [6, 6.07) is -3.37. The van der Waals surface area contributed by atoms with E-state index in [1.165, 1.54) is 13.8 Å². The fourth-order valence-corrected chi connectivity index (χ4v) is 1.72. The molecule has 0 saturated carbocycles. The zero-order chi connectivity index (χ0) is 18.9. The Hall–Kier alpha value is -2.40. The molecule has 4 atom stereocenters. The van der Waals surface area contributed by atoms with Gasteiger partial charge in [0.25, 0.3) is 0 Å². The van der Waals surface area contributed by atoms with Crippen LogP contribution in [0.3, 0.4) is 0 Å². The molecule has 0 heterocycles. The number of hydrogen-bond donors (Lipinski definition) is 7. The van der Waals surface area contributed by atoms with Gasteiger partial charge >= 0.3 is 5.97 Å². The van der Waals surface area contributed by atoms with Crippen molar-refractivity contribution in [3.8, 4) is 0 Å². The summed E-state index contributed by atoms with van der Waals surface area (Å²) in [5.74, 6) is -2.81. The smallest absolute Gasteiger partial charge is 0.328 e. The Morgan fingerprint density at radius 3 is 2.12 bits per heavy atom. The van der Waals surface area contributed by atoms with Gasteiger partial charge in [-0.05, 0) is 26.7 Å². The van der Waals surface area contributed by atoms with Crippen molar-refractivity contribution in [2.45, 2.75) is 50.9 Å². The Labute approximate surface area is 139 Å². The number of carbonyl (C=O) groups excluding carboxylic acids is 2. The van der Waals surface area contributed by atoms with E-state index in [0.717, 1.165) is 0 Å². The number of carboxylic acids is 1. The summed E-state index contributed by atoms with van der Waals surface area (Å²) in [7, 11) is 0. The monoisotopic (exact) mass is 346 g/mol. The first-order valence-corrected chi connectivity index (χ1v) is 7.38. The van der Waals surface area contributed by atoms with Crippen LogP contribution in [0.5, 0.6) is 0 Å². The predicted octanol–water partition coefficient (Wildman–Crippen LogP) is -3.18. The van der Waals surface area contributed by atoms with Crippen molar-refractivity contribution in [2.75, 3.05) is 6.54 Å². The Bertz CT molecular complexity index is 475. The van der Waals surface area contributed by atoms with Crippen molar-refractivity contribution in [1.82, 2.24) is 10.6 Å². The van der Waals surface area contributed by atoms with Crippen molar-refractivity contribution in [3.05, 3.63) is 0 Å². The second kappa shape index (κ2) is 10.4. The number of nitrogens with one attached hydrogen (secondary N) is 2. The second-order valence-corrected chi connectivity index (χ2v) is 5.36. The highest BCUT2D eigenvalue weighted by molar-refractivity contribution is 5.91. The molecule has 0 aromatic heterocycles. The molecule has 0 spiro atoms. The van der Waals surface area contributed by atoms with Crippen LogP contribution in [-0.2, 0) is 14.4 Å². The molecule has 11 heteroatoms. The number of aliphatic carboxylic acids is 1. The molecule has 4 unspecified atom stereocenters. The van der Waals surface area contributed by atoms with Crippen molar-refractivity contribution < 1.29 is 24.6 Å². The minimum atomic E-state index is -1.50. The third-order valence-corrected chi connectivity index (χ3v) is 3.04. The summed E-state index contributed by atoms with van der Waals surface area (Å²) < 4.78 is 0. The lowest BCUT2D eigenvalue weighted by molar-refractivity contribution is -0.145. The van der Waals surface area contributed by atoms with Gasteiger partial charge in [0.2, 0.25) is 11.8 Å². The molecule has 138 valence electrons. The van der Waals surface area contributed by atoms with E-state index in [-0.39, 0.29) is 18.9 Å². The van der Waals surface area contributed by atoms with Crippen LogP contribution in [0.15, 0.2) is 4.99 Å². The summed E-state index contributed by atoms with van der Waals surface area (Å²) in [6.07, 6.45) is -0.785. The summed E-state index contributed by atoms with van der Waals surface area (Å²) in [4.78, 5) is 38.7. The molecular weight excluding hydrogens is 320 g/mol. The molecule has 0 saturated heterocycles. The number of nitrogens with two attached hydrogens (primary N) is 3. The quantitative estimate of drug-likeness (QED) is 0.122. The number of carbonyl (C=O) groups is 3. The molecule has 2 amide bonds. The zero-order valence-electron chi connectivity index (χ0n) is 13.7. The van der Waals surface area contributed by atoms with Gasteiger partial charge in [-0.3, -0.25) is 14.6 Å². The SMILES string of the molecule is CC(N)C(=O)NC(CCCN=C(N)N)C(=O)NC(C(=O)O)C(C)O. The number of guanidine groups is 1. The lowest BCUT2D eigenvalue weighted by atomic mass is 10.1. The lowest BCUT2D eigenvalue weighted by Gasteiger charge is -2.23. The van der Waals surface area contributed by atoms with E-state index in [9.17, 15) is 19.5 Å². The first-order chi connectivity index (χ1) is 11.1. The van der Waals surface area contributed by atoms with Crippen LogP contribution in [0.2, 0.25) is 0 Å². The fraction of sp³-hybridized carbons (Fsp3) is 0.692. The molecule has 11 nitrogen and oxygen atoms in total. The van der Waals surface area contributed by atoms with Crippen LogP contribution >= 0.6 is 0 Å². The standard InChI is InChI=1S/C13H26N6O5/c1-6(14)10(21)18-8(4-3-5-17-13(15)16)11(22)19-9(7(2)20)12(23)24/h6-9,20H,3-5,14H2,1-2H3,(H,18,21)(H,19,22)(H,23,24)(H4,15,16,17). The summed E-state index contributed by atoms with van der Waals surface area (Å²) in [5, 5.41) is 23.0. The molecule has 0 aliphatic carbocycles. The van der Waals surface area contributed by atoms with Crippen molar-refractivity contribution >= 4 is 23.7 Å². The minimum absolute atomic E-state index is 0.101. The van der Waals surface area contributed by atoms with Gasteiger partial charge in [0.15, 0.2) is 12.0 Å². The topological polar surface area (TPSA) is 206 Å². The molecule has 0 bridgehead atoms. The van der Waals surface area contributed by atoms with Crippen LogP contribution in [-0.4, -0.2) is 64.7 Å². The lowest BCUT2D eigenvalue weighted by Crippen LogP contribution is -2.56. The highest BCUT2D eigenvalue weighted by Crippen LogP contribution is 2.02. The number of amides is 2. The highest BCUT2D eigenvalue weighted by Gasteiger charge is 2.29. The van der Waals surface area contributed by atoms with Crippen molar-refractivity contribution in [1.29, 1.82) is 0 Å². The van der Waals surface area contributed by atoms with E-state index in [1.807, 2.05) is 0 Å². The summed E-state index contributed by atoms with van der Waals surface area (Å²) >= 11 is 0. The van der Waals surface area contributed by atoms with Crippen LogP contribution in [0, 0.1) is 0 Å².